The molecule has 0 aliphatic heterocycles. The van der Waals surface area contributed by atoms with Gasteiger partial charge in [-0.25, -0.2) is 9.07 Å². The molecule has 1 fully saturated rings. The van der Waals surface area contributed by atoms with Crippen LogP contribution >= 0.6 is 11.8 Å². The van der Waals surface area contributed by atoms with Crippen molar-refractivity contribution in [2.45, 2.75) is 28.9 Å². The van der Waals surface area contributed by atoms with Crippen LogP contribution in [0.3, 0.4) is 0 Å². The van der Waals surface area contributed by atoms with Crippen molar-refractivity contribution in [1.29, 1.82) is 0 Å². The van der Waals surface area contributed by atoms with Crippen molar-refractivity contribution in [3.63, 3.8) is 0 Å². The van der Waals surface area contributed by atoms with Crippen molar-refractivity contribution in [1.82, 2.24) is 20.2 Å². The first-order valence-electron chi connectivity index (χ1n) is 5.77. The molecular weight excluding hydrogens is 269 g/mol. The number of aromatic nitrogens is 4. The van der Waals surface area contributed by atoms with Crippen LogP contribution in [-0.2, 0) is 0 Å². The first-order chi connectivity index (χ1) is 9.19. The summed E-state index contributed by atoms with van der Waals surface area (Å²) < 4.78 is 20.7. The highest BCUT2D eigenvalue weighted by atomic mass is 32.2. The molecule has 0 saturated heterocycles. The number of anilines is 1. The summed E-state index contributed by atoms with van der Waals surface area (Å²) in [6.45, 7) is 0. The molecule has 19 heavy (non-hydrogen) atoms. The molecule has 0 amide bonds. The average molecular weight is 281 g/mol. The molecule has 1 aliphatic carbocycles. The van der Waals surface area contributed by atoms with E-state index in [-0.39, 0.29) is 5.69 Å². The smallest absolute Gasteiger partial charge is 0.214 e. The maximum absolute atomic E-state index is 13.9. The number of methoxy groups -OCH3 is 1. The SMILES string of the molecule is COc1cc(Sc2nnnn2C2CC2)c(F)cc1N. The highest BCUT2D eigenvalue weighted by molar-refractivity contribution is 7.99. The van der Waals surface area contributed by atoms with Crippen LogP contribution in [0.2, 0.25) is 0 Å². The van der Waals surface area contributed by atoms with E-state index in [1.165, 1.54) is 24.9 Å². The standard InChI is InChI=1S/C11H12FN5OS/c1-18-9-5-10(7(12)4-8(9)13)19-11-14-15-16-17(11)6-2-3-6/h4-6H,2-3,13H2,1H3. The van der Waals surface area contributed by atoms with E-state index in [0.717, 1.165) is 12.8 Å². The lowest BCUT2D eigenvalue weighted by atomic mass is 10.3. The van der Waals surface area contributed by atoms with Crippen LogP contribution in [-0.4, -0.2) is 27.3 Å². The fraction of sp³-hybridized carbons (Fsp3) is 0.364. The summed E-state index contributed by atoms with van der Waals surface area (Å²) >= 11 is 1.17. The molecule has 100 valence electrons. The summed E-state index contributed by atoms with van der Waals surface area (Å²) in [5.41, 5.74) is 5.91. The number of benzene rings is 1. The van der Waals surface area contributed by atoms with Crippen LogP contribution in [0.4, 0.5) is 10.1 Å². The Balaban J connectivity index is 1.92. The first-order valence-corrected chi connectivity index (χ1v) is 6.59. The Morgan fingerprint density at radius 3 is 2.95 bits per heavy atom. The second-order valence-electron chi connectivity index (χ2n) is 4.26. The third-order valence-electron chi connectivity index (χ3n) is 2.84. The Hall–Kier alpha value is -1.83. The molecule has 1 aromatic carbocycles. The Morgan fingerprint density at radius 2 is 2.26 bits per heavy atom. The van der Waals surface area contributed by atoms with Gasteiger partial charge in [-0.2, -0.15) is 0 Å². The molecule has 0 radical (unpaired) electrons. The second kappa shape index (κ2) is 4.69. The molecule has 8 heteroatoms. The molecule has 2 aromatic rings. The van der Waals surface area contributed by atoms with Crippen LogP contribution in [0.15, 0.2) is 22.2 Å². The Kier molecular flexibility index (Phi) is 3.02. The summed E-state index contributed by atoms with van der Waals surface area (Å²) in [6, 6.07) is 3.14. The van der Waals surface area contributed by atoms with Crippen molar-refractivity contribution in [3.05, 3.63) is 17.9 Å². The monoisotopic (exact) mass is 281 g/mol. The zero-order chi connectivity index (χ0) is 13.4. The van der Waals surface area contributed by atoms with Gasteiger partial charge in [0.1, 0.15) is 11.6 Å². The largest absolute Gasteiger partial charge is 0.495 e. The number of ether oxygens (including phenoxy) is 1. The Labute approximate surface area is 113 Å². The summed E-state index contributed by atoms with van der Waals surface area (Å²) in [5, 5.41) is 12.0. The number of hydrogen-bond acceptors (Lipinski definition) is 6. The first kappa shape index (κ1) is 12.2. The van der Waals surface area contributed by atoms with Crippen LogP contribution in [0.5, 0.6) is 5.75 Å². The maximum Gasteiger partial charge on any atom is 0.214 e. The van der Waals surface area contributed by atoms with Gasteiger partial charge in [0.05, 0.1) is 23.7 Å². The number of hydrogen-bond donors (Lipinski definition) is 1. The normalized spacial score (nSPS) is 14.6. The predicted molar refractivity (Wildman–Crippen MR) is 67.6 cm³/mol. The highest BCUT2D eigenvalue weighted by Crippen LogP contribution is 2.39. The third-order valence-corrected chi connectivity index (χ3v) is 3.82. The van der Waals surface area contributed by atoms with Crippen LogP contribution < -0.4 is 10.5 Å². The molecule has 0 atom stereocenters. The average Bonchev–Trinajstić information content (AvgIpc) is 3.13. The topological polar surface area (TPSA) is 78.9 Å². The van der Waals surface area contributed by atoms with Crippen LogP contribution in [0.1, 0.15) is 18.9 Å². The molecule has 6 nitrogen and oxygen atoms in total. The number of nitrogen functional groups attached to an aromatic ring is 1. The number of nitrogens with zero attached hydrogens (tertiary/aromatic N) is 4. The van der Waals surface area contributed by atoms with Gasteiger partial charge in [0, 0.05) is 6.07 Å². The van der Waals surface area contributed by atoms with Crippen molar-refractivity contribution >= 4 is 17.4 Å². The number of halogens is 1. The predicted octanol–water partition coefficient (Wildman–Crippen LogP) is 1.89. The maximum atomic E-state index is 13.9. The molecular formula is C11H12FN5OS. The van der Waals surface area contributed by atoms with E-state index < -0.39 is 5.82 Å². The van der Waals surface area contributed by atoms with Gasteiger partial charge in [-0.05, 0) is 41.1 Å². The molecule has 0 bridgehead atoms. The molecule has 1 aliphatic rings. The summed E-state index contributed by atoms with van der Waals surface area (Å²) in [4.78, 5) is 0.391. The quantitative estimate of drug-likeness (QED) is 0.862. The molecule has 1 saturated carbocycles. The number of tetrazole rings is 1. The van der Waals surface area contributed by atoms with Crippen molar-refractivity contribution < 1.29 is 9.13 Å². The molecule has 0 unspecified atom stereocenters. The fourth-order valence-electron chi connectivity index (χ4n) is 1.70. The van der Waals surface area contributed by atoms with Crippen molar-refractivity contribution in [2.24, 2.45) is 0 Å². The number of rotatable bonds is 4. The van der Waals surface area contributed by atoms with Crippen LogP contribution in [0, 0.1) is 5.82 Å². The van der Waals surface area contributed by atoms with Gasteiger partial charge in [0.15, 0.2) is 0 Å². The van der Waals surface area contributed by atoms with Gasteiger partial charge >= 0.3 is 0 Å². The molecule has 2 N–H and O–H groups in total. The van der Waals surface area contributed by atoms with Gasteiger partial charge < -0.3 is 10.5 Å². The lowest BCUT2D eigenvalue weighted by Gasteiger charge is -2.08. The van der Waals surface area contributed by atoms with Gasteiger partial charge in [-0.3, -0.25) is 0 Å². The summed E-state index contributed by atoms with van der Waals surface area (Å²) in [5.74, 6) is 0.0305. The molecule has 1 heterocycles. The Bertz CT molecular complexity index is 613. The van der Waals surface area contributed by atoms with Crippen molar-refractivity contribution in [2.75, 3.05) is 12.8 Å². The second-order valence-corrected chi connectivity index (χ2v) is 5.27. The van der Waals surface area contributed by atoms with Gasteiger partial charge in [0.25, 0.3) is 0 Å². The molecule has 3 rings (SSSR count). The molecule has 0 spiro atoms. The minimum Gasteiger partial charge on any atom is -0.495 e. The van der Waals surface area contributed by atoms with E-state index in [1.54, 1.807) is 10.7 Å². The third kappa shape index (κ3) is 2.35. The van der Waals surface area contributed by atoms with E-state index in [1.807, 2.05) is 0 Å². The van der Waals surface area contributed by atoms with Gasteiger partial charge in [0.2, 0.25) is 5.16 Å². The highest BCUT2D eigenvalue weighted by Gasteiger charge is 2.28. The van der Waals surface area contributed by atoms with Gasteiger partial charge in [-0.1, -0.05) is 0 Å². The van der Waals surface area contributed by atoms with E-state index in [2.05, 4.69) is 15.5 Å². The molecule has 1 aromatic heterocycles. The summed E-state index contributed by atoms with van der Waals surface area (Å²) in [6.07, 6.45) is 2.12. The minimum absolute atomic E-state index is 0.270. The minimum atomic E-state index is -0.409. The fourth-order valence-corrected chi connectivity index (χ4v) is 2.58. The van der Waals surface area contributed by atoms with E-state index in [0.29, 0.717) is 21.8 Å². The van der Waals surface area contributed by atoms with E-state index in [9.17, 15) is 4.39 Å². The van der Waals surface area contributed by atoms with E-state index in [4.69, 9.17) is 10.5 Å². The van der Waals surface area contributed by atoms with E-state index >= 15 is 0 Å². The zero-order valence-electron chi connectivity index (χ0n) is 10.2. The van der Waals surface area contributed by atoms with Crippen LogP contribution in [0.25, 0.3) is 0 Å². The zero-order valence-corrected chi connectivity index (χ0v) is 11.0. The lowest BCUT2D eigenvalue weighted by Crippen LogP contribution is -1.99. The summed E-state index contributed by atoms with van der Waals surface area (Å²) in [7, 11) is 1.49. The van der Waals surface area contributed by atoms with Gasteiger partial charge in [-0.15, -0.1) is 5.10 Å². The lowest BCUT2D eigenvalue weighted by molar-refractivity contribution is 0.414. The number of nitrogens with two attached hydrogens (primary N) is 1. The van der Waals surface area contributed by atoms with Crippen molar-refractivity contribution in [3.8, 4) is 5.75 Å². The Morgan fingerprint density at radius 1 is 1.47 bits per heavy atom.